The molecule has 94 valence electrons. The summed E-state index contributed by atoms with van der Waals surface area (Å²) in [4.78, 5) is 11.6. The van der Waals surface area contributed by atoms with Gasteiger partial charge in [0, 0.05) is 18.9 Å². The third-order valence-electron chi connectivity index (χ3n) is 2.97. The Bertz CT molecular complexity index is 211. The second kappa shape index (κ2) is 7.96. The normalized spacial score (nSPS) is 25.4. The van der Waals surface area contributed by atoms with Crippen molar-refractivity contribution in [1.82, 2.24) is 5.32 Å². The van der Waals surface area contributed by atoms with E-state index in [0.717, 1.165) is 31.1 Å². The van der Waals surface area contributed by atoms with Gasteiger partial charge in [0.05, 0.1) is 12.4 Å². The molecule has 0 bridgehead atoms. The molecule has 0 saturated heterocycles. The van der Waals surface area contributed by atoms with Crippen LogP contribution in [0, 0.1) is 5.92 Å². The van der Waals surface area contributed by atoms with Gasteiger partial charge in [-0.05, 0) is 18.8 Å². The molecule has 1 aliphatic rings. The minimum absolute atomic E-state index is 0.181. The monoisotopic (exact) mass is 245 g/mol. The van der Waals surface area contributed by atoms with Crippen LogP contribution in [0.25, 0.3) is 0 Å². The smallest absolute Gasteiger partial charge is 0.230 e. The lowest BCUT2D eigenvalue weighted by atomic mass is 9.87. The molecule has 16 heavy (non-hydrogen) atoms. The van der Waals surface area contributed by atoms with Gasteiger partial charge < -0.3 is 10.1 Å². The average molecular weight is 245 g/mol. The molecule has 2 atom stereocenters. The van der Waals surface area contributed by atoms with Crippen molar-refractivity contribution in [2.45, 2.75) is 38.6 Å². The molecule has 1 saturated carbocycles. The molecule has 1 fully saturated rings. The van der Waals surface area contributed by atoms with Gasteiger partial charge in [0.1, 0.15) is 0 Å². The van der Waals surface area contributed by atoms with E-state index in [4.69, 9.17) is 4.74 Å². The largest absolute Gasteiger partial charge is 0.384 e. The molecule has 0 aromatic heterocycles. The molecule has 0 aliphatic heterocycles. The Labute approximate surface area is 103 Å². The Hall–Kier alpha value is -0.220. The summed E-state index contributed by atoms with van der Waals surface area (Å²) in [5.41, 5.74) is 0. The molecule has 1 aliphatic carbocycles. The molecule has 1 amide bonds. The lowest BCUT2D eigenvalue weighted by molar-refractivity contribution is -0.119. The number of ether oxygens (including phenoxy) is 1. The van der Waals surface area contributed by atoms with Crippen molar-refractivity contribution in [3.63, 3.8) is 0 Å². The predicted octanol–water partition coefficient (Wildman–Crippen LogP) is 2.06. The van der Waals surface area contributed by atoms with Crippen molar-refractivity contribution >= 4 is 17.7 Å². The maximum Gasteiger partial charge on any atom is 0.230 e. The molecule has 3 nitrogen and oxygen atoms in total. The minimum Gasteiger partial charge on any atom is -0.384 e. The van der Waals surface area contributed by atoms with Crippen molar-refractivity contribution in [1.29, 1.82) is 0 Å². The number of hydrogen-bond donors (Lipinski definition) is 1. The first-order valence-electron chi connectivity index (χ1n) is 6.08. The van der Waals surface area contributed by atoms with Gasteiger partial charge in [0.25, 0.3) is 0 Å². The first-order chi connectivity index (χ1) is 7.72. The highest BCUT2D eigenvalue weighted by Crippen LogP contribution is 2.23. The van der Waals surface area contributed by atoms with E-state index in [9.17, 15) is 4.79 Å². The van der Waals surface area contributed by atoms with E-state index in [1.807, 2.05) is 0 Å². The second-order valence-corrected chi connectivity index (χ2v) is 5.69. The molecule has 0 heterocycles. The molecule has 0 unspecified atom stereocenters. The van der Waals surface area contributed by atoms with E-state index in [1.165, 1.54) is 12.8 Å². The van der Waals surface area contributed by atoms with E-state index in [-0.39, 0.29) is 5.91 Å². The molecule has 1 rings (SSSR count). The van der Waals surface area contributed by atoms with Gasteiger partial charge in [-0.1, -0.05) is 19.8 Å². The van der Waals surface area contributed by atoms with Crippen LogP contribution < -0.4 is 5.32 Å². The first-order valence-corrected chi connectivity index (χ1v) is 7.24. The van der Waals surface area contributed by atoms with Gasteiger partial charge in [0.15, 0.2) is 0 Å². The van der Waals surface area contributed by atoms with Crippen molar-refractivity contribution < 1.29 is 9.53 Å². The second-order valence-electron chi connectivity index (χ2n) is 4.58. The zero-order valence-electron chi connectivity index (χ0n) is 10.3. The molecule has 0 aromatic carbocycles. The Morgan fingerprint density at radius 2 is 2.31 bits per heavy atom. The fourth-order valence-corrected chi connectivity index (χ4v) is 2.84. The molecule has 0 aromatic rings. The number of thioether (sulfide) groups is 1. The molecule has 1 N–H and O–H groups in total. The Balaban J connectivity index is 2.08. The third-order valence-corrected chi connectivity index (χ3v) is 3.89. The number of rotatable bonds is 6. The lowest BCUT2D eigenvalue weighted by Gasteiger charge is -2.27. The zero-order chi connectivity index (χ0) is 11.8. The maximum atomic E-state index is 11.6. The molecule has 4 heteroatoms. The Morgan fingerprint density at radius 1 is 1.50 bits per heavy atom. The number of carbonyl (C=O) groups is 1. The van der Waals surface area contributed by atoms with Gasteiger partial charge in [0.2, 0.25) is 5.91 Å². The highest BCUT2D eigenvalue weighted by molar-refractivity contribution is 7.99. The minimum atomic E-state index is 0.181. The number of methoxy groups -OCH3 is 1. The van der Waals surface area contributed by atoms with Crippen molar-refractivity contribution in [3.05, 3.63) is 0 Å². The summed E-state index contributed by atoms with van der Waals surface area (Å²) in [6.07, 6.45) is 4.87. The summed E-state index contributed by atoms with van der Waals surface area (Å²) in [5.74, 6) is 2.40. The van der Waals surface area contributed by atoms with E-state index >= 15 is 0 Å². The number of nitrogens with one attached hydrogen (secondary N) is 1. The summed E-state index contributed by atoms with van der Waals surface area (Å²) in [6, 6.07) is 0.416. The van der Waals surface area contributed by atoms with E-state index in [0.29, 0.717) is 11.8 Å². The van der Waals surface area contributed by atoms with Gasteiger partial charge in [-0.15, -0.1) is 11.8 Å². The fraction of sp³-hybridized carbons (Fsp3) is 0.917. The summed E-state index contributed by atoms with van der Waals surface area (Å²) in [6.45, 7) is 2.99. The summed E-state index contributed by atoms with van der Waals surface area (Å²) in [7, 11) is 1.68. The van der Waals surface area contributed by atoms with Gasteiger partial charge in [-0.2, -0.15) is 0 Å². The first kappa shape index (κ1) is 13.8. The summed E-state index contributed by atoms with van der Waals surface area (Å²) >= 11 is 1.64. The SMILES string of the molecule is COCCSCC(=O)N[C@H]1CCC[C@@H](C)C1. The quantitative estimate of drug-likeness (QED) is 0.728. The van der Waals surface area contributed by atoms with Crippen LogP contribution in [0.1, 0.15) is 32.6 Å². The fourth-order valence-electron chi connectivity index (χ4n) is 2.14. The summed E-state index contributed by atoms with van der Waals surface area (Å²) in [5, 5.41) is 3.13. The standard InChI is InChI=1S/C12H23NO2S/c1-10-4-3-5-11(8-10)13-12(14)9-16-7-6-15-2/h10-11H,3-9H2,1-2H3,(H,13,14)/t10-,11+/m1/s1. The van der Waals surface area contributed by atoms with Crippen molar-refractivity contribution in [2.24, 2.45) is 5.92 Å². The Morgan fingerprint density at radius 3 is 3.00 bits per heavy atom. The highest BCUT2D eigenvalue weighted by atomic mass is 32.2. The van der Waals surface area contributed by atoms with Crippen LogP contribution in [0.2, 0.25) is 0 Å². The Kier molecular flexibility index (Phi) is 6.88. The molecular formula is C12H23NO2S. The van der Waals surface area contributed by atoms with Crippen LogP contribution in [0.3, 0.4) is 0 Å². The summed E-state index contributed by atoms with van der Waals surface area (Å²) < 4.78 is 4.94. The number of amides is 1. The average Bonchev–Trinajstić information content (AvgIpc) is 2.24. The van der Waals surface area contributed by atoms with Crippen LogP contribution in [0.15, 0.2) is 0 Å². The van der Waals surface area contributed by atoms with Crippen molar-refractivity contribution in [2.75, 3.05) is 25.2 Å². The van der Waals surface area contributed by atoms with E-state index in [2.05, 4.69) is 12.2 Å². The van der Waals surface area contributed by atoms with Gasteiger partial charge in [-0.3, -0.25) is 4.79 Å². The van der Waals surface area contributed by atoms with Crippen LogP contribution in [0.4, 0.5) is 0 Å². The predicted molar refractivity (Wildman–Crippen MR) is 68.8 cm³/mol. The van der Waals surface area contributed by atoms with Crippen molar-refractivity contribution in [3.8, 4) is 0 Å². The lowest BCUT2D eigenvalue weighted by Crippen LogP contribution is -2.39. The van der Waals surface area contributed by atoms with Gasteiger partial charge >= 0.3 is 0 Å². The van der Waals surface area contributed by atoms with Crippen LogP contribution in [-0.4, -0.2) is 37.2 Å². The topological polar surface area (TPSA) is 38.3 Å². The third kappa shape index (κ3) is 5.75. The molecular weight excluding hydrogens is 222 g/mol. The number of hydrogen-bond acceptors (Lipinski definition) is 3. The highest BCUT2D eigenvalue weighted by Gasteiger charge is 2.19. The van der Waals surface area contributed by atoms with E-state index < -0.39 is 0 Å². The van der Waals surface area contributed by atoms with Crippen LogP contribution >= 0.6 is 11.8 Å². The van der Waals surface area contributed by atoms with Crippen LogP contribution in [-0.2, 0) is 9.53 Å². The molecule has 0 spiro atoms. The zero-order valence-corrected chi connectivity index (χ0v) is 11.1. The van der Waals surface area contributed by atoms with E-state index in [1.54, 1.807) is 18.9 Å². The van der Waals surface area contributed by atoms with Gasteiger partial charge in [-0.25, -0.2) is 0 Å². The number of carbonyl (C=O) groups excluding carboxylic acids is 1. The molecule has 0 radical (unpaired) electrons. The maximum absolute atomic E-state index is 11.6. The van der Waals surface area contributed by atoms with Crippen LogP contribution in [0.5, 0.6) is 0 Å².